The fraction of sp³-hybridized carbons (Fsp3) is 0.241. The number of aromatic nitrogens is 1. The number of hydrogen-bond acceptors (Lipinski definition) is 5. The topological polar surface area (TPSA) is 58.4 Å². The van der Waals surface area contributed by atoms with Gasteiger partial charge in [-0.2, -0.15) is 5.26 Å². The van der Waals surface area contributed by atoms with E-state index >= 15 is 0 Å². The lowest BCUT2D eigenvalue weighted by Gasteiger charge is -2.36. The number of anilines is 1. The van der Waals surface area contributed by atoms with E-state index in [2.05, 4.69) is 43.0 Å². The number of hydrogen-bond donors (Lipinski definition) is 0. The molecule has 0 amide bonds. The highest BCUT2D eigenvalue weighted by Gasteiger charge is 2.23. The second kappa shape index (κ2) is 9.36. The van der Waals surface area contributed by atoms with Gasteiger partial charge in [0.05, 0.1) is 36.5 Å². The Kier molecular flexibility index (Phi) is 6.10. The average molecular weight is 468 g/mol. The van der Waals surface area contributed by atoms with Gasteiger partial charge in [0.2, 0.25) is 0 Å². The van der Waals surface area contributed by atoms with Crippen LogP contribution in [0.1, 0.15) is 19.4 Å². The lowest BCUT2D eigenvalue weighted by atomic mass is 9.97. The number of ether oxygens (including phenoxy) is 2. The quantitative estimate of drug-likeness (QED) is 0.358. The summed E-state index contributed by atoms with van der Waals surface area (Å²) in [6.07, 6.45) is 2.16. The molecule has 1 aliphatic heterocycles. The van der Waals surface area contributed by atoms with Crippen LogP contribution in [0.4, 0.5) is 10.1 Å². The van der Waals surface area contributed by atoms with Gasteiger partial charge in [-0.1, -0.05) is 30.3 Å². The van der Waals surface area contributed by atoms with E-state index in [0.717, 1.165) is 35.3 Å². The Balaban J connectivity index is 1.54. The molecule has 0 N–H and O–H groups in total. The van der Waals surface area contributed by atoms with Gasteiger partial charge in [-0.3, -0.25) is 4.98 Å². The second-order valence-electron chi connectivity index (χ2n) is 8.92. The Hall–Kier alpha value is -3.95. The molecule has 2 atom stereocenters. The first kappa shape index (κ1) is 22.8. The zero-order valence-corrected chi connectivity index (χ0v) is 20.0. The maximum absolute atomic E-state index is 14.8. The van der Waals surface area contributed by atoms with Crippen LogP contribution in [-0.4, -0.2) is 37.4 Å². The van der Waals surface area contributed by atoms with E-state index in [4.69, 9.17) is 19.7 Å². The number of para-hydroxylation sites is 1. The lowest BCUT2D eigenvalue weighted by molar-refractivity contribution is -0.00521. The largest absolute Gasteiger partial charge is 0.495 e. The summed E-state index contributed by atoms with van der Waals surface area (Å²) < 4.78 is 26.5. The molecule has 1 saturated heterocycles. The molecule has 35 heavy (non-hydrogen) atoms. The predicted octanol–water partition coefficient (Wildman–Crippen LogP) is 6.20. The molecule has 0 saturated carbocycles. The maximum atomic E-state index is 14.8. The molecule has 1 aliphatic rings. The van der Waals surface area contributed by atoms with Crippen molar-refractivity contribution in [3.8, 4) is 34.1 Å². The number of methoxy groups -OCH3 is 1. The average Bonchev–Trinajstić information content (AvgIpc) is 2.87. The Morgan fingerprint density at radius 3 is 2.40 bits per heavy atom. The standard InChI is InChI=1S/C29H26FN3O2/c1-18-16-33(17-19(2)35-18)22-10-8-21(9-11-22)26-15-32-28-24(5-4-6-25(28)29(26)34-3)23-12-7-20(14-31)13-27(23)30/h4-13,15,18-19H,16-17H2,1-3H3/t18-,19+. The van der Waals surface area contributed by atoms with Crippen molar-refractivity contribution in [2.24, 2.45) is 0 Å². The van der Waals surface area contributed by atoms with E-state index in [0.29, 0.717) is 22.4 Å². The van der Waals surface area contributed by atoms with Gasteiger partial charge in [0, 0.05) is 47.1 Å². The Morgan fingerprint density at radius 1 is 1.00 bits per heavy atom. The highest BCUT2D eigenvalue weighted by Crippen LogP contribution is 2.40. The van der Waals surface area contributed by atoms with Crippen LogP contribution in [0.5, 0.6) is 5.75 Å². The normalized spacial score (nSPS) is 17.9. The summed E-state index contributed by atoms with van der Waals surface area (Å²) in [6.45, 7) is 5.92. The van der Waals surface area contributed by atoms with Gasteiger partial charge in [-0.15, -0.1) is 0 Å². The van der Waals surface area contributed by atoms with Gasteiger partial charge in [0.25, 0.3) is 0 Å². The number of nitriles is 1. The van der Waals surface area contributed by atoms with Crippen LogP contribution in [0.15, 0.2) is 66.9 Å². The molecule has 176 valence electrons. The molecule has 0 radical (unpaired) electrons. The summed E-state index contributed by atoms with van der Waals surface area (Å²) in [6, 6.07) is 20.5. The first-order chi connectivity index (χ1) is 17.0. The summed E-state index contributed by atoms with van der Waals surface area (Å²) in [7, 11) is 1.64. The molecule has 0 spiro atoms. The van der Waals surface area contributed by atoms with Gasteiger partial charge < -0.3 is 14.4 Å². The minimum atomic E-state index is -0.455. The molecular weight excluding hydrogens is 441 g/mol. The van der Waals surface area contributed by atoms with Crippen molar-refractivity contribution in [2.75, 3.05) is 25.1 Å². The smallest absolute Gasteiger partial charge is 0.137 e. The van der Waals surface area contributed by atoms with Crippen LogP contribution < -0.4 is 9.64 Å². The van der Waals surface area contributed by atoms with E-state index in [9.17, 15) is 4.39 Å². The highest BCUT2D eigenvalue weighted by atomic mass is 19.1. The summed E-state index contributed by atoms with van der Waals surface area (Å²) in [5.41, 5.74) is 4.99. The fourth-order valence-corrected chi connectivity index (χ4v) is 4.89. The third-order valence-electron chi connectivity index (χ3n) is 6.40. The SMILES string of the molecule is COc1c(-c2ccc(N3C[C@@H](C)O[C@@H](C)C3)cc2)cnc2c(-c3ccc(C#N)cc3F)cccc12. The monoisotopic (exact) mass is 467 g/mol. The molecule has 1 fully saturated rings. The van der Waals surface area contributed by atoms with E-state index < -0.39 is 5.82 Å². The molecule has 0 bridgehead atoms. The number of pyridine rings is 1. The second-order valence-corrected chi connectivity index (χ2v) is 8.92. The molecule has 5 nitrogen and oxygen atoms in total. The Labute approximate surface area is 204 Å². The van der Waals surface area contributed by atoms with Crippen LogP contribution in [0.2, 0.25) is 0 Å². The van der Waals surface area contributed by atoms with Crippen molar-refractivity contribution < 1.29 is 13.9 Å². The number of fused-ring (bicyclic) bond motifs is 1. The predicted molar refractivity (Wildman–Crippen MR) is 136 cm³/mol. The van der Waals surface area contributed by atoms with Crippen molar-refractivity contribution in [1.29, 1.82) is 5.26 Å². The zero-order chi connectivity index (χ0) is 24.5. The number of halogens is 1. The Morgan fingerprint density at radius 2 is 1.74 bits per heavy atom. The van der Waals surface area contributed by atoms with Gasteiger partial charge in [-0.25, -0.2) is 4.39 Å². The third kappa shape index (κ3) is 4.31. The third-order valence-corrected chi connectivity index (χ3v) is 6.40. The van der Waals surface area contributed by atoms with Crippen LogP contribution in [-0.2, 0) is 4.74 Å². The minimum Gasteiger partial charge on any atom is -0.495 e. The summed E-state index contributed by atoms with van der Waals surface area (Å²) >= 11 is 0. The molecule has 0 aliphatic carbocycles. The number of rotatable bonds is 4. The molecule has 6 heteroatoms. The van der Waals surface area contributed by atoms with Gasteiger partial charge in [0.1, 0.15) is 11.6 Å². The van der Waals surface area contributed by atoms with Crippen molar-refractivity contribution >= 4 is 16.6 Å². The molecule has 2 heterocycles. The molecule has 4 aromatic rings. The number of benzene rings is 3. The van der Waals surface area contributed by atoms with Crippen molar-refractivity contribution in [2.45, 2.75) is 26.1 Å². The van der Waals surface area contributed by atoms with Crippen LogP contribution in [0, 0.1) is 17.1 Å². The van der Waals surface area contributed by atoms with E-state index in [1.54, 1.807) is 25.4 Å². The van der Waals surface area contributed by atoms with E-state index in [1.807, 2.05) is 24.3 Å². The van der Waals surface area contributed by atoms with Crippen LogP contribution in [0.25, 0.3) is 33.2 Å². The first-order valence-electron chi connectivity index (χ1n) is 11.6. The molecule has 1 aromatic heterocycles. The van der Waals surface area contributed by atoms with E-state index in [1.165, 1.54) is 6.07 Å². The molecule has 5 rings (SSSR count). The highest BCUT2D eigenvalue weighted by molar-refractivity contribution is 6.00. The van der Waals surface area contributed by atoms with Crippen LogP contribution >= 0.6 is 0 Å². The minimum absolute atomic E-state index is 0.193. The summed E-state index contributed by atoms with van der Waals surface area (Å²) in [5, 5.41) is 9.86. The zero-order valence-electron chi connectivity index (χ0n) is 20.0. The van der Waals surface area contributed by atoms with Crippen molar-refractivity contribution in [1.82, 2.24) is 4.98 Å². The maximum Gasteiger partial charge on any atom is 0.137 e. The van der Waals surface area contributed by atoms with Gasteiger partial charge in [-0.05, 0) is 49.7 Å². The van der Waals surface area contributed by atoms with Crippen molar-refractivity contribution in [3.05, 3.63) is 78.2 Å². The molecule has 3 aromatic carbocycles. The lowest BCUT2D eigenvalue weighted by Crippen LogP contribution is -2.45. The number of morpholine rings is 1. The summed E-state index contributed by atoms with van der Waals surface area (Å²) in [5.74, 6) is 0.232. The Bertz CT molecular complexity index is 1420. The van der Waals surface area contributed by atoms with E-state index in [-0.39, 0.29) is 17.8 Å². The number of nitrogens with zero attached hydrogens (tertiary/aromatic N) is 3. The van der Waals surface area contributed by atoms with Gasteiger partial charge >= 0.3 is 0 Å². The van der Waals surface area contributed by atoms with Crippen molar-refractivity contribution in [3.63, 3.8) is 0 Å². The van der Waals surface area contributed by atoms with Crippen LogP contribution in [0.3, 0.4) is 0 Å². The first-order valence-corrected chi connectivity index (χ1v) is 11.6. The molecule has 0 unspecified atom stereocenters. The molecular formula is C29H26FN3O2. The van der Waals surface area contributed by atoms with Gasteiger partial charge in [0.15, 0.2) is 0 Å². The summed E-state index contributed by atoms with van der Waals surface area (Å²) in [4.78, 5) is 7.06. The fourth-order valence-electron chi connectivity index (χ4n) is 4.89.